The van der Waals surface area contributed by atoms with Crippen molar-refractivity contribution in [3.8, 4) is 0 Å². The van der Waals surface area contributed by atoms with Gasteiger partial charge in [0.1, 0.15) is 12.4 Å². The zero-order valence-electron chi connectivity index (χ0n) is 5.47. The first-order valence-corrected chi connectivity index (χ1v) is 3.75. The number of anilines is 2. The average molecular weight is 217 g/mol. The number of H-pyrrole nitrogens is 1. The van der Waals surface area contributed by atoms with Gasteiger partial charge in [-0.2, -0.15) is 0 Å². The summed E-state index contributed by atoms with van der Waals surface area (Å²) in [4.78, 5) is 17.5. The van der Waals surface area contributed by atoms with E-state index in [0.29, 0.717) is 18.2 Å². The third-order valence-corrected chi connectivity index (χ3v) is 2.04. The van der Waals surface area contributed by atoms with Crippen LogP contribution in [0.2, 0.25) is 0 Å². The normalized spacial score (nSPS) is 14.5. The molecule has 2 rings (SSSR count). The lowest BCUT2D eigenvalue weighted by atomic mass is 10.5. The van der Waals surface area contributed by atoms with Gasteiger partial charge >= 0.3 is 0 Å². The summed E-state index contributed by atoms with van der Waals surface area (Å²) in [7, 11) is 0. The summed E-state index contributed by atoms with van der Waals surface area (Å²) >= 11 is 3.23. The molecule has 0 fully saturated rings. The van der Waals surface area contributed by atoms with Crippen LogP contribution in [0.15, 0.2) is 11.1 Å². The van der Waals surface area contributed by atoms with Gasteiger partial charge in [-0.3, -0.25) is 8.72 Å². The van der Waals surface area contributed by atoms with Crippen molar-refractivity contribution in [3.63, 3.8) is 0 Å². The van der Waals surface area contributed by atoms with Gasteiger partial charge in [-0.05, 0) is 0 Å². The topological polar surface area (TPSA) is 61.0 Å². The maximum atomic E-state index is 11.1. The molecule has 6 heteroatoms. The maximum absolute atomic E-state index is 11.1. The van der Waals surface area contributed by atoms with E-state index in [1.807, 2.05) is 0 Å². The summed E-state index contributed by atoms with van der Waals surface area (Å²) in [5, 5.41) is 2.89. The average Bonchev–Trinajstić information content (AvgIpc) is 2.35. The molecule has 1 aromatic rings. The first-order chi connectivity index (χ1) is 5.29. The third-order valence-electron chi connectivity index (χ3n) is 1.46. The Morgan fingerprint density at radius 3 is 3.27 bits per heavy atom. The predicted molar refractivity (Wildman–Crippen MR) is 44.8 cm³/mol. The second-order valence-corrected chi connectivity index (χ2v) is 2.98. The molecule has 0 aromatic carbocycles. The fourth-order valence-electron chi connectivity index (χ4n) is 0.957. The standard InChI is InChI=1S/C5H5BrN4O/c6-10-2-9-3-4(10)7-1-8-5(3)11/h1,9H,2H2,(H,7,8,11). The van der Waals surface area contributed by atoms with Gasteiger partial charge in [-0.1, -0.05) is 0 Å². The molecule has 2 N–H and O–H groups in total. The number of hydrogen-bond donors (Lipinski definition) is 2. The van der Waals surface area contributed by atoms with Crippen LogP contribution >= 0.6 is 16.1 Å². The van der Waals surface area contributed by atoms with Crippen molar-refractivity contribution in [3.05, 3.63) is 16.7 Å². The molecule has 2 heterocycles. The second kappa shape index (κ2) is 2.23. The molecule has 0 atom stereocenters. The van der Waals surface area contributed by atoms with Crippen molar-refractivity contribution in [1.29, 1.82) is 0 Å². The number of aromatic nitrogens is 2. The Balaban J connectivity index is 2.66. The summed E-state index contributed by atoms with van der Waals surface area (Å²) in [6.07, 6.45) is 1.38. The summed E-state index contributed by atoms with van der Waals surface area (Å²) in [6, 6.07) is 0. The molecule has 1 aliphatic rings. The molecule has 0 bridgehead atoms. The van der Waals surface area contributed by atoms with Crippen molar-refractivity contribution < 1.29 is 0 Å². The van der Waals surface area contributed by atoms with Crippen LogP contribution in [-0.4, -0.2) is 16.6 Å². The van der Waals surface area contributed by atoms with Crippen LogP contribution in [0.1, 0.15) is 0 Å². The minimum absolute atomic E-state index is 0.142. The van der Waals surface area contributed by atoms with E-state index < -0.39 is 0 Å². The van der Waals surface area contributed by atoms with Gasteiger partial charge in [0.05, 0.1) is 22.5 Å². The van der Waals surface area contributed by atoms with Gasteiger partial charge in [-0.15, -0.1) is 0 Å². The molecule has 1 aliphatic heterocycles. The molecule has 0 saturated heterocycles. The lowest BCUT2D eigenvalue weighted by Gasteiger charge is -2.02. The van der Waals surface area contributed by atoms with E-state index >= 15 is 0 Å². The quantitative estimate of drug-likeness (QED) is 0.612. The molecule has 1 aromatic heterocycles. The molecule has 0 unspecified atom stereocenters. The van der Waals surface area contributed by atoms with E-state index in [2.05, 4.69) is 31.4 Å². The van der Waals surface area contributed by atoms with Crippen LogP contribution < -0.4 is 14.8 Å². The van der Waals surface area contributed by atoms with Crippen LogP contribution in [0.5, 0.6) is 0 Å². The van der Waals surface area contributed by atoms with E-state index in [1.54, 1.807) is 3.93 Å². The van der Waals surface area contributed by atoms with Gasteiger partial charge in [0.15, 0.2) is 5.82 Å². The number of hydrogen-bond acceptors (Lipinski definition) is 4. The molecule has 5 nitrogen and oxygen atoms in total. The molecule has 0 amide bonds. The highest BCUT2D eigenvalue weighted by Crippen LogP contribution is 2.26. The highest BCUT2D eigenvalue weighted by molar-refractivity contribution is 9.10. The summed E-state index contributed by atoms with van der Waals surface area (Å²) in [5.74, 6) is 0.633. The van der Waals surface area contributed by atoms with Crippen LogP contribution in [0, 0.1) is 0 Å². The number of aromatic amines is 1. The molecule has 0 radical (unpaired) electrons. The SMILES string of the molecule is O=c1[nH]cnc2c1NCN2Br. The minimum atomic E-state index is -0.142. The highest BCUT2D eigenvalue weighted by Gasteiger charge is 2.19. The fraction of sp³-hybridized carbons (Fsp3) is 0.200. The molecular weight excluding hydrogens is 212 g/mol. The van der Waals surface area contributed by atoms with Crippen LogP contribution in [0.25, 0.3) is 0 Å². The first kappa shape index (κ1) is 6.66. The minimum Gasteiger partial charge on any atom is -0.359 e. The number of nitrogens with one attached hydrogen (secondary N) is 2. The molecule has 0 saturated carbocycles. The van der Waals surface area contributed by atoms with Gasteiger partial charge in [0.2, 0.25) is 0 Å². The number of nitrogens with zero attached hydrogens (tertiary/aromatic N) is 2. The first-order valence-electron chi connectivity index (χ1n) is 3.04. The Hall–Kier alpha value is -1.04. The Kier molecular flexibility index (Phi) is 1.35. The van der Waals surface area contributed by atoms with Crippen molar-refractivity contribution in [2.24, 2.45) is 0 Å². The van der Waals surface area contributed by atoms with Crippen LogP contribution in [-0.2, 0) is 0 Å². The number of fused-ring (bicyclic) bond motifs is 1. The number of halogens is 1. The fourth-order valence-corrected chi connectivity index (χ4v) is 1.35. The molecule has 0 aliphatic carbocycles. The Morgan fingerprint density at radius 1 is 1.73 bits per heavy atom. The van der Waals surface area contributed by atoms with Gasteiger partial charge in [0, 0.05) is 0 Å². The summed E-state index contributed by atoms with van der Waals surface area (Å²) in [6.45, 7) is 0.565. The summed E-state index contributed by atoms with van der Waals surface area (Å²) < 4.78 is 1.69. The van der Waals surface area contributed by atoms with E-state index in [0.717, 1.165) is 0 Å². The molecule has 11 heavy (non-hydrogen) atoms. The van der Waals surface area contributed by atoms with E-state index in [4.69, 9.17) is 0 Å². The molecular formula is C5H5BrN4O. The van der Waals surface area contributed by atoms with Crippen LogP contribution in [0.4, 0.5) is 11.5 Å². The van der Waals surface area contributed by atoms with Crippen molar-refractivity contribution in [1.82, 2.24) is 9.97 Å². The smallest absolute Gasteiger partial charge is 0.276 e. The third kappa shape index (κ3) is 0.900. The predicted octanol–water partition coefficient (Wildman–Crippen LogP) is 0.269. The van der Waals surface area contributed by atoms with Gasteiger partial charge in [-0.25, -0.2) is 4.98 Å². The van der Waals surface area contributed by atoms with E-state index in [-0.39, 0.29) is 5.56 Å². The van der Waals surface area contributed by atoms with Crippen molar-refractivity contribution in [2.45, 2.75) is 0 Å². The zero-order valence-corrected chi connectivity index (χ0v) is 7.05. The highest BCUT2D eigenvalue weighted by atomic mass is 79.9. The Bertz CT molecular complexity index is 335. The maximum Gasteiger partial charge on any atom is 0.276 e. The van der Waals surface area contributed by atoms with E-state index in [9.17, 15) is 4.79 Å². The van der Waals surface area contributed by atoms with Gasteiger partial charge in [0.25, 0.3) is 5.56 Å². The van der Waals surface area contributed by atoms with E-state index in [1.165, 1.54) is 6.33 Å². The summed E-state index contributed by atoms with van der Waals surface area (Å²) in [5.41, 5.74) is 0.376. The molecule has 58 valence electrons. The Labute approximate surface area is 70.8 Å². The van der Waals surface area contributed by atoms with Crippen LogP contribution in [0.3, 0.4) is 0 Å². The Morgan fingerprint density at radius 2 is 2.55 bits per heavy atom. The van der Waals surface area contributed by atoms with Crippen molar-refractivity contribution in [2.75, 3.05) is 15.9 Å². The van der Waals surface area contributed by atoms with Gasteiger partial charge < -0.3 is 10.3 Å². The largest absolute Gasteiger partial charge is 0.359 e. The number of rotatable bonds is 0. The van der Waals surface area contributed by atoms with Crippen molar-refractivity contribution >= 4 is 27.7 Å². The molecule has 0 spiro atoms. The second-order valence-electron chi connectivity index (χ2n) is 2.13. The lowest BCUT2D eigenvalue weighted by molar-refractivity contribution is 1.12. The zero-order chi connectivity index (χ0) is 7.84. The lowest BCUT2D eigenvalue weighted by Crippen LogP contribution is -2.10. The monoisotopic (exact) mass is 216 g/mol.